The number of carboxylic acids is 2. The summed E-state index contributed by atoms with van der Waals surface area (Å²) < 4.78 is 0.684. The quantitative estimate of drug-likeness (QED) is 0.0760. The number of oxime groups is 1. The molecule has 37 heavy (non-hydrogen) atoms. The van der Waals surface area contributed by atoms with Crippen LogP contribution in [0.2, 0.25) is 0 Å². The van der Waals surface area contributed by atoms with Crippen molar-refractivity contribution in [3.05, 3.63) is 39.7 Å². The zero-order valence-corrected chi connectivity index (χ0v) is 22.0. The van der Waals surface area contributed by atoms with E-state index < -0.39 is 46.6 Å². The molecule has 1 saturated heterocycles. The number of thiazole rings is 1. The van der Waals surface area contributed by atoms with E-state index in [4.69, 9.17) is 15.7 Å². The molecule has 18 heteroatoms. The van der Waals surface area contributed by atoms with Gasteiger partial charge in [-0.15, -0.1) is 33.3 Å². The highest BCUT2D eigenvalue weighted by molar-refractivity contribution is 8.01. The number of β-lactam (4-membered cyclic amide) rings is 1. The molecule has 2 aliphatic heterocycles. The van der Waals surface area contributed by atoms with Gasteiger partial charge in [0.15, 0.2) is 15.2 Å². The Balaban J connectivity index is 1.50. The number of fused-ring (bicyclic) bond motifs is 1. The minimum Gasteiger partial charge on any atom is -0.477 e. The minimum atomic E-state index is -1.49. The number of carbonyl (C=O) groups is 4. The highest BCUT2D eigenvalue weighted by Crippen LogP contribution is 2.41. The molecule has 4 heterocycles. The average molecular weight is 584 g/mol. The molecule has 0 spiro atoms. The van der Waals surface area contributed by atoms with Crippen molar-refractivity contribution in [2.24, 2.45) is 5.16 Å². The van der Waals surface area contributed by atoms with E-state index >= 15 is 0 Å². The lowest BCUT2D eigenvalue weighted by Gasteiger charge is -2.49. The standard InChI is InChI=1S/C19H17N7O7S4/c1-6(16(29)30)33-25-10(9-5-35-18(20)21-9)13(27)22-11-14(28)26-12(17(31)32)8(3-34-15(11)26)4-36-19-24-23-7(2)37-19/h5,11,15H,1,3-4H2,2H3,(H2,20,21)(H,22,27)(H,29,30)(H,31,32)/t11-,15+/m1/s1. The number of carbonyl (C=O) groups excluding carboxylic acids is 2. The number of amides is 2. The summed E-state index contributed by atoms with van der Waals surface area (Å²) in [6, 6.07) is -1.06. The van der Waals surface area contributed by atoms with Crippen molar-refractivity contribution in [3.63, 3.8) is 0 Å². The number of thioether (sulfide) groups is 2. The third-order valence-corrected chi connectivity index (χ3v) is 8.95. The third-order valence-electron chi connectivity index (χ3n) is 4.88. The largest absolute Gasteiger partial charge is 0.477 e. The van der Waals surface area contributed by atoms with Crippen molar-refractivity contribution < 1.29 is 34.2 Å². The third kappa shape index (κ3) is 5.60. The van der Waals surface area contributed by atoms with Gasteiger partial charge in [-0.2, -0.15) is 0 Å². The van der Waals surface area contributed by atoms with Crippen molar-refractivity contribution >= 4 is 80.8 Å². The van der Waals surface area contributed by atoms with Gasteiger partial charge in [0.1, 0.15) is 27.8 Å². The summed E-state index contributed by atoms with van der Waals surface area (Å²) in [5.41, 5.74) is 5.61. The maximum Gasteiger partial charge on any atom is 0.374 e. The maximum absolute atomic E-state index is 13.0. The molecule has 2 atom stereocenters. The highest BCUT2D eigenvalue weighted by Gasteiger charge is 2.54. The Morgan fingerprint density at radius 2 is 2.14 bits per heavy atom. The molecule has 2 aromatic rings. The number of nitrogens with two attached hydrogens (primary N) is 1. The fraction of sp³-hybridized carbons (Fsp3) is 0.263. The number of nitrogens with zero attached hydrogens (tertiary/aromatic N) is 5. The van der Waals surface area contributed by atoms with Gasteiger partial charge in [-0.3, -0.25) is 14.5 Å². The molecule has 0 saturated carbocycles. The maximum atomic E-state index is 13.0. The van der Waals surface area contributed by atoms with E-state index in [1.165, 1.54) is 40.2 Å². The Hall–Kier alpha value is -3.48. The van der Waals surface area contributed by atoms with E-state index in [0.29, 0.717) is 21.4 Å². The number of hydrogen-bond acceptors (Lipinski definition) is 14. The predicted octanol–water partition coefficient (Wildman–Crippen LogP) is 0.735. The molecule has 1 fully saturated rings. The Labute approximate surface area is 224 Å². The Bertz CT molecular complexity index is 1370. The lowest BCUT2D eigenvalue weighted by Crippen LogP contribution is -2.71. The summed E-state index contributed by atoms with van der Waals surface area (Å²) in [6.07, 6.45) is 0. The molecule has 14 nitrogen and oxygen atoms in total. The van der Waals surface area contributed by atoms with Crippen LogP contribution in [0.5, 0.6) is 0 Å². The molecular weight excluding hydrogens is 567 g/mol. The van der Waals surface area contributed by atoms with Crippen LogP contribution in [-0.2, 0) is 24.0 Å². The van der Waals surface area contributed by atoms with Gasteiger partial charge in [0.05, 0.1) is 0 Å². The van der Waals surface area contributed by atoms with Crippen molar-refractivity contribution in [1.29, 1.82) is 0 Å². The van der Waals surface area contributed by atoms with Crippen LogP contribution < -0.4 is 11.1 Å². The van der Waals surface area contributed by atoms with Crippen LogP contribution in [0.1, 0.15) is 10.7 Å². The molecule has 2 amide bonds. The van der Waals surface area contributed by atoms with Gasteiger partial charge in [-0.05, 0) is 19.1 Å². The van der Waals surface area contributed by atoms with Gasteiger partial charge in [0, 0.05) is 16.9 Å². The van der Waals surface area contributed by atoms with E-state index in [-0.39, 0.29) is 16.5 Å². The Morgan fingerprint density at radius 3 is 2.73 bits per heavy atom. The highest BCUT2D eigenvalue weighted by atomic mass is 32.2. The van der Waals surface area contributed by atoms with E-state index in [2.05, 4.69) is 32.2 Å². The van der Waals surface area contributed by atoms with E-state index in [1.807, 2.05) is 6.92 Å². The molecule has 0 aliphatic carbocycles. The normalized spacial score (nSPS) is 19.2. The molecular formula is C19H17N7O7S4. The first kappa shape index (κ1) is 26.6. The lowest BCUT2D eigenvalue weighted by molar-refractivity contribution is -0.150. The van der Waals surface area contributed by atoms with Gasteiger partial charge in [0.25, 0.3) is 11.8 Å². The number of rotatable bonds is 10. The zero-order chi connectivity index (χ0) is 26.9. The average Bonchev–Trinajstić information content (AvgIpc) is 3.47. The molecule has 0 aromatic carbocycles. The summed E-state index contributed by atoms with van der Waals surface area (Å²) in [5, 5.41) is 34.4. The first-order valence-electron chi connectivity index (χ1n) is 10.1. The zero-order valence-electron chi connectivity index (χ0n) is 18.7. The molecule has 2 aliphatic rings. The van der Waals surface area contributed by atoms with Crippen LogP contribution >= 0.6 is 46.2 Å². The van der Waals surface area contributed by atoms with Crippen LogP contribution in [0.4, 0.5) is 5.13 Å². The number of hydrogen-bond donors (Lipinski definition) is 4. The second kappa shape index (κ2) is 10.9. The van der Waals surface area contributed by atoms with E-state index in [1.54, 1.807) is 0 Å². The van der Waals surface area contributed by atoms with Crippen LogP contribution in [0.3, 0.4) is 0 Å². The van der Waals surface area contributed by atoms with E-state index in [0.717, 1.165) is 21.2 Å². The molecule has 5 N–H and O–H groups in total. The molecule has 2 aromatic heterocycles. The van der Waals surface area contributed by atoms with Gasteiger partial charge in [0.2, 0.25) is 5.76 Å². The van der Waals surface area contributed by atoms with Gasteiger partial charge in [-0.1, -0.05) is 28.3 Å². The summed E-state index contributed by atoms with van der Waals surface area (Å²) in [5.74, 6) is -4.38. The van der Waals surface area contributed by atoms with Crippen LogP contribution in [0.15, 0.2) is 38.5 Å². The van der Waals surface area contributed by atoms with Gasteiger partial charge in [-0.25, -0.2) is 14.6 Å². The summed E-state index contributed by atoms with van der Waals surface area (Å²) in [6.45, 7) is 4.98. The topological polar surface area (TPSA) is 210 Å². The van der Waals surface area contributed by atoms with Crippen molar-refractivity contribution in [3.8, 4) is 0 Å². The number of nitrogens with one attached hydrogen (secondary N) is 1. The first-order chi connectivity index (χ1) is 17.6. The number of carboxylic acid groups (broad SMARTS) is 2. The van der Waals surface area contributed by atoms with Crippen molar-refractivity contribution in [2.75, 3.05) is 17.2 Å². The molecule has 0 radical (unpaired) electrons. The van der Waals surface area contributed by atoms with Crippen LogP contribution in [-0.4, -0.2) is 82.7 Å². The number of aromatic nitrogens is 3. The number of nitrogen functional groups attached to an aromatic ring is 1. The Kier molecular flexibility index (Phi) is 7.81. The smallest absolute Gasteiger partial charge is 0.374 e. The number of aliphatic carboxylic acids is 2. The monoisotopic (exact) mass is 583 g/mol. The lowest BCUT2D eigenvalue weighted by atomic mass is 10.0. The second-order valence-corrected chi connectivity index (χ2v) is 11.7. The summed E-state index contributed by atoms with van der Waals surface area (Å²) >= 11 is 5.02. The van der Waals surface area contributed by atoms with Gasteiger partial charge < -0.3 is 26.1 Å². The fourth-order valence-corrected chi connectivity index (χ4v) is 7.08. The minimum absolute atomic E-state index is 0.00420. The van der Waals surface area contributed by atoms with Crippen LogP contribution in [0.25, 0.3) is 0 Å². The molecule has 194 valence electrons. The summed E-state index contributed by atoms with van der Waals surface area (Å²) in [7, 11) is 0. The molecule has 0 unspecified atom stereocenters. The SMILES string of the molecule is C=C(ON=C(C(=O)N[C@@H]1C(=O)N2C(C(=O)O)=C(CSc3nnc(C)s3)CS[C@@H]12)c1csc(N)n1)C(=O)O. The fourth-order valence-electron chi connectivity index (χ4n) is 3.23. The second-order valence-electron chi connectivity index (χ2n) is 7.32. The van der Waals surface area contributed by atoms with E-state index in [9.17, 15) is 24.3 Å². The number of aryl methyl sites for hydroxylation is 1. The van der Waals surface area contributed by atoms with Crippen molar-refractivity contribution in [1.82, 2.24) is 25.4 Å². The molecule has 4 rings (SSSR count). The van der Waals surface area contributed by atoms with Gasteiger partial charge >= 0.3 is 11.9 Å². The summed E-state index contributed by atoms with van der Waals surface area (Å²) in [4.78, 5) is 58.8. The van der Waals surface area contributed by atoms with Crippen LogP contribution in [0, 0.1) is 6.92 Å². The Morgan fingerprint density at radius 1 is 1.38 bits per heavy atom. The first-order valence-corrected chi connectivity index (χ1v) is 13.8. The van der Waals surface area contributed by atoms with Crippen molar-refractivity contribution in [2.45, 2.75) is 22.7 Å². The predicted molar refractivity (Wildman–Crippen MR) is 136 cm³/mol. The number of anilines is 1. The molecule has 0 bridgehead atoms.